The maximum Gasteiger partial charge on any atom is 0.270 e. The summed E-state index contributed by atoms with van der Waals surface area (Å²) in [7, 11) is 0. The Bertz CT molecular complexity index is 437. The van der Waals surface area contributed by atoms with Crippen molar-refractivity contribution in [2.24, 2.45) is 5.92 Å². The standard InChI is InChI=1S/C13H18F2N2O2/c1-9(2)4-3-7-16-12-6-5-10(17(18)19)8-11(12)13(14)15/h5-6,8-9,13,16H,3-4,7H2,1-2H3. The van der Waals surface area contributed by atoms with Crippen molar-refractivity contribution in [2.45, 2.75) is 33.1 Å². The molecule has 0 spiro atoms. The van der Waals surface area contributed by atoms with Gasteiger partial charge in [0.2, 0.25) is 0 Å². The molecule has 0 aliphatic carbocycles. The molecule has 106 valence electrons. The number of rotatable bonds is 7. The predicted octanol–water partition coefficient (Wildman–Crippen LogP) is 4.38. The molecule has 19 heavy (non-hydrogen) atoms. The first kappa shape index (κ1) is 15.3. The molecular weight excluding hydrogens is 254 g/mol. The van der Waals surface area contributed by atoms with E-state index < -0.39 is 11.3 Å². The van der Waals surface area contributed by atoms with E-state index in [1.165, 1.54) is 12.1 Å². The number of halogens is 2. The molecule has 1 aromatic rings. The summed E-state index contributed by atoms with van der Waals surface area (Å²) in [5, 5.41) is 13.5. The second-order valence-corrected chi connectivity index (χ2v) is 4.79. The van der Waals surface area contributed by atoms with Gasteiger partial charge >= 0.3 is 0 Å². The van der Waals surface area contributed by atoms with Crippen LogP contribution in [0.15, 0.2) is 18.2 Å². The molecule has 1 aromatic carbocycles. The summed E-state index contributed by atoms with van der Waals surface area (Å²) in [5.41, 5.74) is -0.369. The lowest BCUT2D eigenvalue weighted by Crippen LogP contribution is -2.06. The number of nitro groups is 1. The van der Waals surface area contributed by atoms with Crippen LogP contribution in [0.1, 0.15) is 38.7 Å². The number of hydrogen-bond acceptors (Lipinski definition) is 3. The Kier molecular flexibility index (Phi) is 5.66. The number of hydrogen-bond donors (Lipinski definition) is 1. The van der Waals surface area contributed by atoms with Gasteiger partial charge in [0.15, 0.2) is 0 Å². The molecule has 0 radical (unpaired) electrons. The van der Waals surface area contributed by atoms with Crippen LogP contribution in [0, 0.1) is 16.0 Å². The van der Waals surface area contributed by atoms with E-state index in [1.54, 1.807) is 0 Å². The molecule has 0 saturated heterocycles. The second kappa shape index (κ2) is 7.01. The quantitative estimate of drug-likeness (QED) is 0.455. The third-order valence-corrected chi connectivity index (χ3v) is 2.75. The van der Waals surface area contributed by atoms with Gasteiger partial charge in [0.1, 0.15) is 0 Å². The van der Waals surface area contributed by atoms with Gasteiger partial charge in [0.05, 0.1) is 4.92 Å². The van der Waals surface area contributed by atoms with Gasteiger partial charge in [-0.05, 0) is 24.8 Å². The van der Waals surface area contributed by atoms with Crippen LogP contribution >= 0.6 is 0 Å². The molecule has 1 rings (SSSR count). The molecule has 0 aliphatic heterocycles. The highest BCUT2D eigenvalue weighted by molar-refractivity contribution is 5.56. The number of nitrogens with one attached hydrogen (secondary N) is 1. The van der Waals surface area contributed by atoms with Gasteiger partial charge in [-0.2, -0.15) is 0 Å². The highest BCUT2D eigenvalue weighted by Gasteiger charge is 2.17. The Morgan fingerprint density at radius 1 is 1.37 bits per heavy atom. The fourth-order valence-electron chi connectivity index (χ4n) is 1.74. The number of non-ortho nitro benzene ring substituents is 1. The van der Waals surface area contributed by atoms with E-state index in [4.69, 9.17) is 0 Å². The molecule has 0 saturated carbocycles. The summed E-state index contributed by atoms with van der Waals surface area (Å²) < 4.78 is 25.7. The summed E-state index contributed by atoms with van der Waals surface area (Å²) in [6.45, 7) is 4.77. The van der Waals surface area contributed by atoms with Crippen LogP contribution in [0.5, 0.6) is 0 Å². The van der Waals surface area contributed by atoms with Crippen molar-refractivity contribution in [1.29, 1.82) is 0 Å². The van der Waals surface area contributed by atoms with Gasteiger partial charge in [-0.3, -0.25) is 10.1 Å². The lowest BCUT2D eigenvalue weighted by atomic mass is 10.1. The van der Waals surface area contributed by atoms with Crippen molar-refractivity contribution in [3.63, 3.8) is 0 Å². The highest BCUT2D eigenvalue weighted by atomic mass is 19.3. The highest BCUT2D eigenvalue weighted by Crippen LogP contribution is 2.30. The third-order valence-electron chi connectivity index (χ3n) is 2.75. The van der Waals surface area contributed by atoms with Crippen molar-refractivity contribution < 1.29 is 13.7 Å². The van der Waals surface area contributed by atoms with E-state index >= 15 is 0 Å². The summed E-state index contributed by atoms with van der Waals surface area (Å²) >= 11 is 0. The molecule has 0 fully saturated rings. The third kappa shape index (κ3) is 4.81. The summed E-state index contributed by atoms with van der Waals surface area (Å²) in [6.07, 6.45) is -0.853. The smallest absolute Gasteiger partial charge is 0.270 e. The molecule has 6 heteroatoms. The lowest BCUT2D eigenvalue weighted by molar-refractivity contribution is -0.385. The second-order valence-electron chi connectivity index (χ2n) is 4.79. The van der Waals surface area contributed by atoms with Crippen molar-refractivity contribution >= 4 is 11.4 Å². The first-order chi connectivity index (χ1) is 8.91. The van der Waals surface area contributed by atoms with Crippen LogP contribution in [0.4, 0.5) is 20.2 Å². The normalized spacial score (nSPS) is 11.1. The molecule has 0 amide bonds. The van der Waals surface area contributed by atoms with Gasteiger partial charge in [0, 0.05) is 29.9 Å². The monoisotopic (exact) mass is 272 g/mol. The Hall–Kier alpha value is -1.72. The fourth-order valence-corrected chi connectivity index (χ4v) is 1.74. The molecule has 0 atom stereocenters. The van der Waals surface area contributed by atoms with Gasteiger partial charge < -0.3 is 5.32 Å². The number of nitrogens with zero attached hydrogens (tertiary/aromatic N) is 1. The lowest BCUT2D eigenvalue weighted by Gasteiger charge is -2.12. The minimum Gasteiger partial charge on any atom is -0.385 e. The van der Waals surface area contributed by atoms with E-state index in [0.717, 1.165) is 18.9 Å². The van der Waals surface area contributed by atoms with E-state index in [0.29, 0.717) is 12.5 Å². The van der Waals surface area contributed by atoms with Gasteiger partial charge in [-0.25, -0.2) is 8.78 Å². The number of nitro benzene ring substituents is 1. The SMILES string of the molecule is CC(C)CCCNc1ccc([N+](=O)[O-])cc1C(F)F. The zero-order chi connectivity index (χ0) is 14.4. The summed E-state index contributed by atoms with van der Waals surface area (Å²) in [6, 6.07) is 3.50. The minimum atomic E-state index is -2.73. The van der Waals surface area contributed by atoms with E-state index in [9.17, 15) is 18.9 Å². The topological polar surface area (TPSA) is 55.2 Å². The number of anilines is 1. The molecule has 0 heterocycles. The van der Waals surface area contributed by atoms with Crippen molar-refractivity contribution in [3.05, 3.63) is 33.9 Å². The Morgan fingerprint density at radius 3 is 2.58 bits per heavy atom. The van der Waals surface area contributed by atoms with Gasteiger partial charge in [0.25, 0.3) is 12.1 Å². The average Bonchev–Trinajstić information content (AvgIpc) is 2.34. The van der Waals surface area contributed by atoms with Crippen LogP contribution < -0.4 is 5.32 Å². The molecule has 4 nitrogen and oxygen atoms in total. The van der Waals surface area contributed by atoms with E-state index in [2.05, 4.69) is 19.2 Å². The molecule has 0 aliphatic rings. The zero-order valence-electron chi connectivity index (χ0n) is 11.0. The Balaban J connectivity index is 2.74. The molecule has 0 aromatic heterocycles. The molecule has 0 bridgehead atoms. The zero-order valence-corrected chi connectivity index (χ0v) is 11.0. The molecular formula is C13H18F2N2O2. The number of benzene rings is 1. The fraction of sp³-hybridized carbons (Fsp3) is 0.538. The average molecular weight is 272 g/mol. The maximum absolute atomic E-state index is 12.8. The molecule has 0 unspecified atom stereocenters. The first-order valence-electron chi connectivity index (χ1n) is 6.22. The maximum atomic E-state index is 12.8. The number of alkyl halides is 2. The van der Waals surface area contributed by atoms with E-state index in [1.807, 2.05) is 0 Å². The summed E-state index contributed by atoms with van der Waals surface area (Å²) in [4.78, 5) is 9.89. The minimum absolute atomic E-state index is 0.268. The predicted molar refractivity (Wildman–Crippen MR) is 70.6 cm³/mol. The summed E-state index contributed by atoms with van der Waals surface area (Å²) in [5.74, 6) is 0.563. The van der Waals surface area contributed by atoms with Crippen molar-refractivity contribution in [3.8, 4) is 0 Å². The molecule has 1 N–H and O–H groups in total. The van der Waals surface area contributed by atoms with Crippen LogP contribution in [0.25, 0.3) is 0 Å². The van der Waals surface area contributed by atoms with Crippen LogP contribution in [0.2, 0.25) is 0 Å². The van der Waals surface area contributed by atoms with Crippen LogP contribution in [-0.4, -0.2) is 11.5 Å². The van der Waals surface area contributed by atoms with Crippen LogP contribution in [-0.2, 0) is 0 Å². The van der Waals surface area contributed by atoms with E-state index in [-0.39, 0.29) is 16.9 Å². The van der Waals surface area contributed by atoms with Gasteiger partial charge in [-0.1, -0.05) is 13.8 Å². The van der Waals surface area contributed by atoms with Crippen molar-refractivity contribution in [2.75, 3.05) is 11.9 Å². The Morgan fingerprint density at radius 2 is 2.05 bits per heavy atom. The van der Waals surface area contributed by atoms with Gasteiger partial charge in [-0.15, -0.1) is 0 Å². The Labute approximate surface area is 111 Å². The largest absolute Gasteiger partial charge is 0.385 e. The van der Waals surface area contributed by atoms with Crippen molar-refractivity contribution in [1.82, 2.24) is 0 Å². The van der Waals surface area contributed by atoms with Crippen LogP contribution in [0.3, 0.4) is 0 Å². The first-order valence-corrected chi connectivity index (χ1v) is 6.22.